The number of carbonyl (C=O) groups is 2. The molecule has 2 atom stereocenters. The topological polar surface area (TPSA) is 67.5 Å². The van der Waals surface area contributed by atoms with E-state index in [1.165, 1.54) is 24.8 Å². The first kappa shape index (κ1) is 23.7. The number of fused-ring (bicyclic) bond motifs is 3. The van der Waals surface area contributed by atoms with Crippen LogP contribution in [0.25, 0.3) is 11.1 Å². The quantitative estimate of drug-likeness (QED) is 0.497. The third-order valence-corrected chi connectivity index (χ3v) is 8.02. The van der Waals surface area contributed by atoms with Gasteiger partial charge in [-0.05, 0) is 45.1 Å². The Morgan fingerprint density at radius 1 is 1.11 bits per heavy atom. The minimum atomic E-state index is -0.980. The van der Waals surface area contributed by atoms with Crippen LogP contribution in [0, 0.1) is 0 Å². The minimum Gasteiger partial charge on any atom is -0.463 e. The van der Waals surface area contributed by atoms with Gasteiger partial charge in [0.05, 0.1) is 18.3 Å². The van der Waals surface area contributed by atoms with Crippen molar-refractivity contribution >= 4 is 22.9 Å². The van der Waals surface area contributed by atoms with E-state index in [2.05, 4.69) is 24.4 Å². The fraction of sp³-hybridized carbons (Fsp3) is 0.517. The zero-order chi connectivity index (χ0) is 24.4. The van der Waals surface area contributed by atoms with Crippen molar-refractivity contribution in [2.45, 2.75) is 95.8 Å². The predicted octanol–water partition coefficient (Wildman–Crippen LogP) is 5.70. The van der Waals surface area contributed by atoms with Gasteiger partial charge in [0.1, 0.15) is 11.2 Å². The van der Waals surface area contributed by atoms with Crippen molar-refractivity contribution in [3.8, 4) is 0 Å². The van der Waals surface area contributed by atoms with Gasteiger partial charge in [-0.3, -0.25) is 9.59 Å². The van der Waals surface area contributed by atoms with Crippen LogP contribution < -0.4 is 5.32 Å². The number of aryl methyl sites for hydroxylation is 1. The SMILES string of the molecule is C[C@H](CCc1ccccc1)N1C(=O)c2cc3occc3n2C[C@@]1(C)C(=O)NC1CCCCCCC1. The van der Waals surface area contributed by atoms with Crippen molar-refractivity contribution in [2.24, 2.45) is 0 Å². The molecule has 0 saturated heterocycles. The Hall–Kier alpha value is -3.02. The van der Waals surface area contributed by atoms with Gasteiger partial charge in [0.2, 0.25) is 5.91 Å². The fourth-order valence-corrected chi connectivity index (χ4v) is 6.01. The molecular weight excluding hydrogens is 438 g/mol. The van der Waals surface area contributed by atoms with Crippen LogP contribution >= 0.6 is 0 Å². The Kier molecular flexibility index (Phi) is 6.72. The van der Waals surface area contributed by atoms with Gasteiger partial charge < -0.3 is 19.2 Å². The molecule has 0 radical (unpaired) electrons. The maximum atomic E-state index is 14.0. The highest BCUT2D eigenvalue weighted by atomic mass is 16.3. The number of hydrogen-bond acceptors (Lipinski definition) is 3. The zero-order valence-corrected chi connectivity index (χ0v) is 21.0. The Morgan fingerprint density at radius 2 is 1.83 bits per heavy atom. The lowest BCUT2D eigenvalue weighted by Gasteiger charge is -2.47. The van der Waals surface area contributed by atoms with Crippen molar-refractivity contribution in [3.05, 3.63) is 60.0 Å². The lowest BCUT2D eigenvalue weighted by molar-refractivity contribution is -0.135. The lowest BCUT2D eigenvalue weighted by Crippen LogP contribution is -2.67. The minimum absolute atomic E-state index is 0.0426. The van der Waals surface area contributed by atoms with Crippen molar-refractivity contribution in [1.82, 2.24) is 14.8 Å². The van der Waals surface area contributed by atoms with Crippen LogP contribution in [0.15, 0.2) is 53.1 Å². The molecule has 1 N–H and O–H groups in total. The summed E-state index contributed by atoms with van der Waals surface area (Å²) in [6, 6.07) is 14.1. The van der Waals surface area contributed by atoms with Gasteiger partial charge in [0.15, 0.2) is 5.58 Å². The molecular formula is C29H37N3O3. The van der Waals surface area contributed by atoms with E-state index >= 15 is 0 Å². The van der Waals surface area contributed by atoms with Crippen molar-refractivity contribution in [2.75, 3.05) is 0 Å². The van der Waals surface area contributed by atoms with Crippen molar-refractivity contribution < 1.29 is 14.0 Å². The molecule has 2 amide bonds. The van der Waals surface area contributed by atoms with E-state index in [1.54, 1.807) is 6.26 Å². The second-order valence-corrected chi connectivity index (χ2v) is 10.6. The molecule has 1 aliphatic heterocycles. The summed E-state index contributed by atoms with van der Waals surface area (Å²) >= 11 is 0. The molecule has 1 aliphatic carbocycles. The molecule has 1 saturated carbocycles. The molecule has 0 unspecified atom stereocenters. The van der Waals surface area contributed by atoms with E-state index < -0.39 is 5.54 Å². The average Bonchev–Trinajstić information content (AvgIpc) is 3.42. The summed E-state index contributed by atoms with van der Waals surface area (Å²) in [4.78, 5) is 29.8. The summed E-state index contributed by atoms with van der Waals surface area (Å²) in [7, 11) is 0. The molecule has 3 heterocycles. The average molecular weight is 476 g/mol. The molecule has 1 fully saturated rings. The van der Waals surface area contributed by atoms with Crippen LogP contribution in [0.3, 0.4) is 0 Å². The van der Waals surface area contributed by atoms with Gasteiger partial charge in [-0.2, -0.15) is 0 Å². The van der Waals surface area contributed by atoms with Gasteiger partial charge >= 0.3 is 0 Å². The molecule has 186 valence electrons. The highest BCUT2D eigenvalue weighted by Crippen LogP contribution is 2.35. The van der Waals surface area contributed by atoms with Crippen LogP contribution in [0.2, 0.25) is 0 Å². The van der Waals surface area contributed by atoms with Crippen LogP contribution in [0.4, 0.5) is 0 Å². The first-order valence-electron chi connectivity index (χ1n) is 13.2. The molecule has 35 heavy (non-hydrogen) atoms. The summed E-state index contributed by atoms with van der Waals surface area (Å²) in [5.41, 5.74) is 2.42. The molecule has 6 nitrogen and oxygen atoms in total. The van der Waals surface area contributed by atoms with Gasteiger partial charge in [-0.25, -0.2) is 0 Å². The number of carbonyl (C=O) groups excluding carboxylic acids is 2. The van der Waals surface area contributed by atoms with Crippen LogP contribution in [0.5, 0.6) is 0 Å². The highest BCUT2D eigenvalue weighted by molar-refractivity contribution is 6.03. The second kappa shape index (κ2) is 9.92. The number of nitrogens with zero attached hydrogens (tertiary/aromatic N) is 2. The zero-order valence-electron chi connectivity index (χ0n) is 21.0. The molecule has 2 aliphatic rings. The van der Waals surface area contributed by atoms with Gasteiger partial charge in [0.25, 0.3) is 5.91 Å². The van der Waals surface area contributed by atoms with Crippen LogP contribution in [-0.4, -0.2) is 38.9 Å². The van der Waals surface area contributed by atoms with E-state index in [-0.39, 0.29) is 23.9 Å². The van der Waals surface area contributed by atoms with E-state index in [1.807, 2.05) is 46.7 Å². The first-order chi connectivity index (χ1) is 17.0. The summed E-state index contributed by atoms with van der Waals surface area (Å²) in [6.07, 6.45) is 11.4. The summed E-state index contributed by atoms with van der Waals surface area (Å²) in [5, 5.41) is 3.37. The second-order valence-electron chi connectivity index (χ2n) is 10.6. The Labute approximate surface area is 207 Å². The Morgan fingerprint density at radius 3 is 2.57 bits per heavy atom. The standard InChI is InChI=1S/C29H37N3O3/c1-21(15-16-22-11-7-6-8-12-22)32-27(33)25-19-26-24(17-18-35-26)31(25)20-29(32,2)28(34)30-23-13-9-4-3-5-10-14-23/h6-8,11-12,17-19,21,23H,3-5,9-10,13-16,20H2,1-2H3,(H,30,34)/t21-,29+/m1/s1. The van der Waals surface area contributed by atoms with Gasteiger partial charge in [-0.1, -0.05) is 62.4 Å². The number of aromatic nitrogens is 1. The third-order valence-electron chi connectivity index (χ3n) is 8.02. The van der Waals surface area contributed by atoms with Gasteiger partial charge in [0, 0.05) is 24.2 Å². The fourth-order valence-electron chi connectivity index (χ4n) is 6.01. The Balaban J connectivity index is 1.44. The lowest BCUT2D eigenvalue weighted by atomic mass is 9.90. The number of rotatable bonds is 6. The monoisotopic (exact) mass is 475 g/mol. The maximum Gasteiger partial charge on any atom is 0.271 e. The number of amides is 2. The number of furan rings is 1. The van der Waals surface area contributed by atoms with E-state index in [0.717, 1.165) is 44.0 Å². The largest absolute Gasteiger partial charge is 0.463 e. The Bertz CT molecular complexity index is 1170. The molecule has 5 rings (SSSR count). The van der Waals surface area contributed by atoms with E-state index in [9.17, 15) is 9.59 Å². The molecule has 0 bridgehead atoms. The van der Waals surface area contributed by atoms with Crippen molar-refractivity contribution in [3.63, 3.8) is 0 Å². The molecule has 3 aromatic rings. The van der Waals surface area contributed by atoms with Crippen molar-refractivity contribution in [1.29, 1.82) is 0 Å². The van der Waals surface area contributed by atoms with Crippen LogP contribution in [-0.2, 0) is 17.8 Å². The normalized spacial score (nSPS) is 22.5. The molecule has 6 heteroatoms. The maximum absolute atomic E-state index is 14.0. The molecule has 1 aromatic carbocycles. The highest BCUT2D eigenvalue weighted by Gasteiger charge is 2.50. The number of hydrogen-bond donors (Lipinski definition) is 1. The predicted molar refractivity (Wildman–Crippen MR) is 137 cm³/mol. The number of nitrogens with one attached hydrogen (secondary N) is 1. The van der Waals surface area contributed by atoms with E-state index in [0.29, 0.717) is 17.8 Å². The summed E-state index contributed by atoms with van der Waals surface area (Å²) < 4.78 is 7.58. The first-order valence-corrected chi connectivity index (χ1v) is 13.2. The molecule has 0 spiro atoms. The van der Waals surface area contributed by atoms with Crippen LogP contribution in [0.1, 0.15) is 81.3 Å². The summed E-state index contributed by atoms with van der Waals surface area (Å²) in [6.45, 7) is 4.44. The number of benzene rings is 1. The third kappa shape index (κ3) is 4.63. The summed E-state index contributed by atoms with van der Waals surface area (Å²) in [5.74, 6) is -0.141. The van der Waals surface area contributed by atoms with Gasteiger partial charge in [-0.15, -0.1) is 0 Å². The molecule has 2 aromatic heterocycles. The smallest absolute Gasteiger partial charge is 0.271 e. The van der Waals surface area contributed by atoms with E-state index in [4.69, 9.17) is 4.42 Å².